The van der Waals surface area contributed by atoms with Crippen molar-refractivity contribution in [3.63, 3.8) is 0 Å². The quantitative estimate of drug-likeness (QED) is 0.620. The molecule has 0 bridgehead atoms. The fourth-order valence-electron chi connectivity index (χ4n) is 2.40. The van der Waals surface area contributed by atoms with Gasteiger partial charge in [0, 0.05) is 0 Å². The first-order valence-corrected chi connectivity index (χ1v) is 5.99. The zero-order chi connectivity index (χ0) is 10.7. The molecule has 80 valence electrons. The van der Waals surface area contributed by atoms with E-state index in [1.165, 1.54) is 43.2 Å². The van der Waals surface area contributed by atoms with E-state index in [0.29, 0.717) is 0 Å². The van der Waals surface area contributed by atoms with Gasteiger partial charge in [0.15, 0.2) is 0 Å². The minimum atomic E-state index is 1.18. The third-order valence-corrected chi connectivity index (χ3v) is 3.55. The maximum Gasteiger partial charge on any atom is -0.00619 e. The van der Waals surface area contributed by atoms with Crippen LogP contribution in [-0.2, 0) is 6.42 Å². The van der Waals surface area contributed by atoms with Gasteiger partial charge >= 0.3 is 0 Å². The summed E-state index contributed by atoms with van der Waals surface area (Å²) in [6.45, 7) is 4.53. The van der Waals surface area contributed by atoms with Crippen LogP contribution in [0.3, 0.4) is 0 Å². The van der Waals surface area contributed by atoms with Crippen molar-refractivity contribution in [2.75, 3.05) is 0 Å². The Kier molecular flexibility index (Phi) is 3.25. The summed E-state index contributed by atoms with van der Waals surface area (Å²) in [7, 11) is 0. The standard InChI is InChI=1S/C15H20/c1-12-7-3-5-9-14(12)11-15-10-6-4-8-13(15)2/h3,5,7,9H,4,6,8,10-11H2,1-2H3. The van der Waals surface area contributed by atoms with Crippen molar-refractivity contribution in [3.8, 4) is 0 Å². The molecular formula is C15H20. The monoisotopic (exact) mass is 200 g/mol. The molecule has 1 aromatic rings. The molecule has 0 fully saturated rings. The van der Waals surface area contributed by atoms with Gasteiger partial charge in [0.1, 0.15) is 0 Å². The van der Waals surface area contributed by atoms with Crippen molar-refractivity contribution in [2.24, 2.45) is 0 Å². The van der Waals surface area contributed by atoms with Crippen molar-refractivity contribution >= 4 is 0 Å². The Labute approximate surface area is 93.0 Å². The second kappa shape index (κ2) is 4.65. The predicted octanol–water partition coefficient (Wildman–Crippen LogP) is 4.43. The Morgan fingerprint density at radius 1 is 1.00 bits per heavy atom. The van der Waals surface area contributed by atoms with Gasteiger partial charge in [-0.1, -0.05) is 35.4 Å². The molecule has 0 amide bonds. The van der Waals surface area contributed by atoms with E-state index in [1.807, 2.05) is 0 Å². The van der Waals surface area contributed by atoms with Gasteiger partial charge in [0.05, 0.1) is 0 Å². The highest BCUT2D eigenvalue weighted by Crippen LogP contribution is 2.27. The van der Waals surface area contributed by atoms with E-state index in [0.717, 1.165) is 0 Å². The van der Waals surface area contributed by atoms with Crippen LogP contribution in [-0.4, -0.2) is 0 Å². The fraction of sp³-hybridized carbons (Fsp3) is 0.467. The van der Waals surface area contributed by atoms with Crippen molar-refractivity contribution in [2.45, 2.75) is 46.0 Å². The van der Waals surface area contributed by atoms with Crippen LogP contribution in [0.1, 0.15) is 43.7 Å². The smallest absolute Gasteiger partial charge is 0.00619 e. The highest BCUT2D eigenvalue weighted by Gasteiger charge is 2.10. The lowest BCUT2D eigenvalue weighted by Gasteiger charge is -2.18. The van der Waals surface area contributed by atoms with Gasteiger partial charge in [0.2, 0.25) is 0 Å². The summed E-state index contributed by atoms with van der Waals surface area (Å²) >= 11 is 0. The van der Waals surface area contributed by atoms with Gasteiger partial charge < -0.3 is 0 Å². The van der Waals surface area contributed by atoms with Crippen LogP contribution in [0.15, 0.2) is 35.4 Å². The van der Waals surface area contributed by atoms with Gasteiger partial charge in [-0.3, -0.25) is 0 Å². The van der Waals surface area contributed by atoms with Gasteiger partial charge in [-0.15, -0.1) is 0 Å². The van der Waals surface area contributed by atoms with Gasteiger partial charge in [-0.05, 0) is 57.1 Å². The number of allylic oxidation sites excluding steroid dienone is 2. The molecule has 0 heteroatoms. The molecule has 0 saturated carbocycles. The summed E-state index contributed by atoms with van der Waals surface area (Å²) < 4.78 is 0. The van der Waals surface area contributed by atoms with Crippen LogP contribution in [0, 0.1) is 6.92 Å². The second-order valence-electron chi connectivity index (χ2n) is 4.69. The van der Waals surface area contributed by atoms with E-state index in [4.69, 9.17) is 0 Å². The maximum absolute atomic E-state index is 2.31. The molecule has 0 aromatic heterocycles. The summed E-state index contributed by atoms with van der Waals surface area (Å²) in [5.41, 5.74) is 6.28. The van der Waals surface area contributed by atoms with Crippen molar-refractivity contribution in [1.29, 1.82) is 0 Å². The molecule has 0 nitrogen and oxygen atoms in total. The minimum Gasteiger partial charge on any atom is -0.0738 e. The Bertz CT molecular complexity index is 371. The third kappa shape index (κ3) is 2.50. The van der Waals surface area contributed by atoms with Gasteiger partial charge in [-0.2, -0.15) is 0 Å². The zero-order valence-electron chi connectivity index (χ0n) is 9.84. The molecule has 1 aromatic carbocycles. The van der Waals surface area contributed by atoms with Crippen LogP contribution >= 0.6 is 0 Å². The fourth-order valence-corrected chi connectivity index (χ4v) is 2.40. The highest BCUT2D eigenvalue weighted by atomic mass is 14.2. The molecule has 1 aliphatic rings. The lowest BCUT2D eigenvalue weighted by Crippen LogP contribution is -2.01. The van der Waals surface area contributed by atoms with Crippen LogP contribution in [0.25, 0.3) is 0 Å². The molecule has 0 unspecified atom stereocenters. The van der Waals surface area contributed by atoms with Crippen LogP contribution in [0.2, 0.25) is 0 Å². The Morgan fingerprint density at radius 2 is 1.73 bits per heavy atom. The molecule has 2 rings (SSSR count). The highest BCUT2D eigenvalue weighted by molar-refractivity contribution is 5.31. The first kappa shape index (κ1) is 10.5. The topological polar surface area (TPSA) is 0 Å². The minimum absolute atomic E-state index is 1.18. The largest absolute Gasteiger partial charge is 0.0738 e. The molecule has 1 aliphatic carbocycles. The summed E-state index contributed by atoms with van der Waals surface area (Å²) in [4.78, 5) is 0. The molecule has 15 heavy (non-hydrogen) atoms. The molecule has 0 aliphatic heterocycles. The van der Waals surface area contributed by atoms with E-state index in [2.05, 4.69) is 38.1 Å². The predicted molar refractivity (Wildman–Crippen MR) is 66.1 cm³/mol. The molecule has 0 spiro atoms. The zero-order valence-corrected chi connectivity index (χ0v) is 9.84. The second-order valence-corrected chi connectivity index (χ2v) is 4.69. The lowest BCUT2D eigenvalue weighted by atomic mass is 9.88. The van der Waals surface area contributed by atoms with E-state index >= 15 is 0 Å². The SMILES string of the molecule is CC1=C(Cc2ccccc2C)CCCC1. The number of hydrogen-bond acceptors (Lipinski definition) is 0. The number of rotatable bonds is 2. The number of aryl methyl sites for hydroxylation is 1. The molecule has 0 heterocycles. The number of benzene rings is 1. The van der Waals surface area contributed by atoms with Crippen molar-refractivity contribution in [1.82, 2.24) is 0 Å². The summed E-state index contributed by atoms with van der Waals surface area (Å²) in [5, 5.41) is 0. The Morgan fingerprint density at radius 3 is 2.47 bits per heavy atom. The van der Waals surface area contributed by atoms with E-state index in [1.54, 1.807) is 11.1 Å². The average molecular weight is 200 g/mol. The normalized spacial score (nSPS) is 16.9. The molecule has 0 atom stereocenters. The van der Waals surface area contributed by atoms with Crippen molar-refractivity contribution in [3.05, 3.63) is 46.5 Å². The van der Waals surface area contributed by atoms with E-state index in [-0.39, 0.29) is 0 Å². The summed E-state index contributed by atoms with van der Waals surface area (Å²) in [5.74, 6) is 0. The molecule has 0 saturated heterocycles. The third-order valence-electron chi connectivity index (χ3n) is 3.55. The van der Waals surface area contributed by atoms with Crippen LogP contribution < -0.4 is 0 Å². The molecule has 0 radical (unpaired) electrons. The molecular weight excluding hydrogens is 180 g/mol. The summed E-state index contributed by atoms with van der Waals surface area (Å²) in [6, 6.07) is 8.76. The first-order valence-electron chi connectivity index (χ1n) is 5.99. The number of hydrogen-bond donors (Lipinski definition) is 0. The van der Waals surface area contributed by atoms with Crippen LogP contribution in [0.4, 0.5) is 0 Å². The van der Waals surface area contributed by atoms with Crippen molar-refractivity contribution < 1.29 is 0 Å². The summed E-state index contributed by atoms with van der Waals surface area (Å²) in [6.07, 6.45) is 6.60. The Balaban J connectivity index is 2.18. The Hall–Kier alpha value is -1.04. The lowest BCUT2D eigenvalue weighted by molar-refractivity contribution is 0.659. The van der Waals surface area contributed by atoms with Crippen LogP contribution in [0.5, 0.6) is 0 Å². The maximum atomic E-state index is 2.31. The van der Waals surface area contributed by atoms with E-state index < -0.39 is 0 Å². The average Bonchev–Trinajstić information content (AvgIpc) is 2.24. The van der Waals surface area contributed by atoms with E-state index in [9.17, 15) is 0 Å². The first-order chi connectivity index (χ1) is 7.27. The van der Waals surface area contributed by atoms with Gasteiger partial charge in [0.25, 0.3) is 0 Å². The van der Waals surface area contributed by atoms with Gasteiger partial charge in [-0.25, -0.2) is 0 Å². The molecule has 0 N–H and O–H groups in total.